The molecule has 0 saturated carbocycles. The Bertz CT molecular complexity index is 1620. The van der Waals surface area contributed by atoms with Gasteiger partial charge in [0.1, 0.15) is 0 Å². The Labute approximate surface area is 226 Å². The maximum Gasteiger partial charge on any atom is 0.0974 e. The highest BCUT2D eigenvalue weighted by molar-refractivity contribution is 7.73. The summed E-state index contributed by atoms with van der Waals surface area (Å²) in [4.78, 5) is 10.6. The number of aliphatic imine (C=N–C) groups is 2. The topological polar surface area (TPSA) is 24.7 Å². The number of rotatable bonds is 6. The molecule has 5 aromatic rings. The molecule has 0 radical (unpaired) electrons. The van der Waals surface area contributed by atoms with Crippen LogP contribution >= 0.6 is 7.92 Å². The van der Waals surface area contributed by atoms with E-state index < -0.39 is 7.92 Å². The third-order valence-corrected chi connectivity index (χ3v) is 9.72. The number of hydrogen-bond acceptors (Lipinski definition) is 2. The van der Waals surface area contributed by atoms with Crippen molar-refractivity contribution in [1.82, 2.24) is 0 Å². The monoisotopic (exact) mass is 510 g/mol. The summed E-state index contributed by atoms with van der Waals surface area (Å²) >= 11 is 0. The molecule has 0 aliphatic heterocycles. The predicted molar refractivity (Wildman–Crippen MR) is 166 cm³/mol. The Morgan fingerprint density at radius 3 is 1.74 bits per heavy atom. The van der Waals surface area contributed by atoms with Gasteiger partial charge in [-0.1, -0.05) is 115 Å². The molecule has 0 bridgehead atoms. The van der Waals surface area contributed by atoms with Gasteiger partial charge in [-0.3, -0.25) is 4.99 Å². The van der Waals surface area contributed by atoms with Crippen LogP contribution in [0.15, 0.2) is 119 Å². The van der Waals surface area contributed by atoms with Crippen LogP contribution in [0.2, 0.25) is 0 Å². The van der Waals surface area contributed by atoms with Crippen molar-refractivity contribution in [2.75, 3.05) is 12.7 Å². The van der Waals surface area contributed by atoms with Gasteiger partial charge in [0, 0.05) is 23.1 Å². The molecule has 38 heavy (non-hydrogen) atoms. The Balaban J connectivity index is 1.43. The molecule has 0 spiro atoms. The summed E-state index contributed by atoms with van der Waals surface area (Å²) in [6, 6.07) is 39.3. The lowest BCUT2D eigenvalue weighted by atomic mass is 10.0. The van der Waals surface area contributed by atoms with E-state index >= 15 is 0 Å². The number of aryl methyl sites for hydroxylation is 3. The minimum absolute atomic E-state index is 0.497. The molecule has 0 fully saturated rings. The summed E-state index contributed by atoms with van der Waals surface area (Å²) in [6.45, 7) is 7.21. The lowest BCUT2D eigenvalue weighted by Gasteiger charge is -2.18. The summed E-state index contributed by atoms with van der Waals surface area (Å²) in [5.41, 5.74) is 9.13. The van der Waals surface area contributed by atoms with Gasteiger partial charge in [-0.15, -0.1) is 0 Å². The minimum atomic E-state index is -0.497. The van der Waals surface area contributed by atoms with Gasteiger partial charge in [-0.05, 0) is 62.0 Å². The molecule has 0 N–H and O–H groups in total. The highest BCUT2D eigenvalue weighted by Crippen LogP contribution is 2.36. The molecule has 0 atom stereocenters. The summed E-state index contributed by atoms with van der Waals surface area (Å²) in [6.07, 6.45) is 0.995. The lowest BCUT2D eigenvalue weighted by molar-refractivity contribution is 1.14. The molecule has 3 heteroatoms. The Hall–Kier alpha value is -3.87. The van der Waals surface area contributed by atoms with Gasteiger partial charge in [0.25, 0.3) is 0 Å². The zero-order valence-corrected chi connectivity index (χ0v) is 23.0. The largest absolute Gasteiger partial charge is 0.282 e. The van der Waals surface area contributed by atoms with Gasteiger partial charge < -0.3 is 0 Å². The molecular formula is C35H31N2P. The second-order valence-electron chi connectivity index (χ2n) is 9.97. The number of nitrogens with zero attached hydrogens (tertiary/aromatic N) is 2. The van der Waals surface area contributed by atoms with Crippen LogP contribution in [-0.2, 0) is 0 Å². The van der Waals surface area contributed by atoms with Crippen molar-refractivity contribution < 1.29 is 0 Å². The van der Waals surface area contributed by atoms with Crippen molar-refractivity contribution >= 4 is 46.4 Å². The molecule has 0 amide bonds. The molecule has 0 unspecified atom stereocenters. The molecule has 5 aromatic carbocycles. The van der Waals surface area contributed by atoms with Crippen LogP contribution in [0.1, 0.15) is 27.8 Å². The fraction of sp³-hybridized carbons (Fsp3) is 0.143. The summed E-state index contributed by atoms with van der Waals surface area (Å²) in [5.74, 6) is 0. The smallest absolute Gasteiger partial charge is 0.0974 e. The number of benzene rings is 5. The van der Waals surface area contributed by atoms with Crippen LogP contribution < -0.4 is 10.6 Å². The van der Waals surface area contributed by atoms with Crippen LogP contribution in [-0.4, -0.2) is 24.1 Å². The minimum Gasteiger partial charge on any atom is -0.282 e. The number of hydrogen-bond donors (Lipinski definition) is 0. The van der Waals surface area contributed by atoms with Gasteiger partial charge in [0.05, 0.1) is 17.1 Å². The molecule has 6 rings (SSSR count). The zero-order valence-electron chi connectivity index (χ0n) is 22.1. The molecule has 0 heterocycles. The van der Waals surface area contributed by atoms with Gasteiger partial charge in [-0.2, -0.15) is 0 Å². The van der Waals surface area contributed by atoms with Crippen molar-refractivity contribution in [1.29, 1.82) is 0 Å². The lowest BCUT2D eigenvalue weighted by Crippen LogP contribution is -2.17. The third-order valence-electron chi connectivity index (χ3n) is 7.23. The fourth-order valence-electron chi connectivity index (χ4n) is 5.61. The first-order valence-electron chi connectivity index (χ1n) is 13.2. The summed E-state index contributed by atoms with van der Waals surface area (Å²) in [7, 11) is -0.497. The van der Waals surface area contributed by atoms with Gasteiger partial charge >= 0.3 is 0 Å². The summed E-state index contributed by atoms with van der Waals surface area (Å²) < 4.78 is 0. The Kier molecular flexibility index (Phi) is 6.75. The first kappa shape index (κ1) is 24.5. The molecule has 0 aromatic heterocycles. The van der Waals surface area contributed by atoms with E-state index in [1.807, 2.05) is 0 Å². The van der Waals surface area contributed by atoms with Crippen molar-refractivity contribution in [3.63, 3.8) is 0 Å². The second kappa shape index (κ2) is 10.5. The fourth-order valence-corrected chi connectivity index (χ4v) is 7.79. The first-order valence-corrected chi connectivity index (χ1v) is 14.7. The van der Waals surface area contributed by atoms with E-state index in [-0.39, 0.29) is 0 Å². The molecule has 186 valence electrons. The van der Waals surface area contributed by atoms with Crippen LogP contribution in [0, 0.1) is 20.8 Å². The standard InChI is InChI=1S/C35H31N2P/c1-24-22-25(2)33(26(3)23-24)37-35-31-19-11-13-27-12-10-18-30(32(27)31)34(35)36-20-21-38(28-14-6-4-7-15-28)29-16-8-5-9-17-29/h4-19,22-23H,20-21H2,1-3H3. The van der Waals surface area contributed by atoms with E-state index in [2.05, 4.69) is 130 Å². The van der Waals surface area contributed by atoms with Gasteiger partial charge in [0.15, 0.2) is 0 Å². The van der Waals surface area contributed by atoms with E-state index in [9.17, 15) is 0 Å². The first-order chi connectivity index (χ1) is 18.6. The Morgan fingerprint density at radius 2 is 1.16 bits per heavy atom. The van der Waals surface area contributed by atoms with Crippen LogP contribution in [0.5, 0.6) is 0 Å². The van der Waals surface area contributed by atoms with Crippen LogP contribution in [0.3, 0.4) is 0 Å². The van der Waals surface area contributed by atoms with E-state index in [0.717, 1.165) is 29.8 Å². The van der Waals surface area contributed by atoms with E-state index in [0.29, 0.717) is 0 Å². The van der Waals surface area contributed by atoms with E-state index in [1.54, 1.807) is 0 Å². The maximum atomic E-state index is 5.32. The molecule has 1 aliphatic carbocycles. The molecular weight excluding hydrogens is 479 g/mol. The van der Waals surface area contributed by atoms with Crippen molar-refractivity contribution in [2.45, 2.75) is 20.8 Å². The zero-order chi connectivity index (χ0) is 26.1. The van der Waals surface area contributed by atoms with E-state index in [4.69, 9.17) is 9.98 Å². The quantitative estimate of drug-likeness (QED) is 0.208. The van der Waals surface area contributed by atoms with Crippen molar-refractivity contribution in [2.24, 2.45) is 9.98 Å². The average Bonchev–Trinajstić information content (AvgIpc) is 3.23. The molecule has 0 saturated heterocycles. The predicted octanol–water partition coefficient (Wildman–Crippen LogP) is 7.82. The summed E-state index contributed by atoms with van der Waals surface area (Å²) in [5, 5.41) is 5.30. The Morgan fingerprint density at radius 1 is 0.605 bits per heavy atom. The van der Waals surface area contributed by atoms with Gasteiger partial charge in [0.2, 0.25) is 0 Å². The van der Waals surface area contributed by atoms with E-state index in [1.165, 1.54) is 49.2 Å². The maximum absolute atomic E-state index is 5.32. The highest BCUT2D eigenvalue weighted by Gasteiger charge is 2.27. The van der Waals surface area contributed by atoms with Crippen molar-refractivity contribution in [3.05, 3.63) is 137 Å². The highest BCUT2D eigenvalue weighted by atomic mass is 31.1. The average molecular weight is 511 g/mol. The normalized spacial score (nSPS) is 14.7. The molecule has 2 nitrogen and oxygen atoms in total. The van der Waals surface area contributed by atoms with Gasteiger partial charge in [-0.25, -0.2) is 4.99 Å². The van der Waals surface area contributed by atoms with Crippen LogP contribution in [0.25, 0.3) is 10.8 Å². The third kappa shape index (κ3) is 4.62. The van der Waals surface area contributed by atoms with Crippen molar-refractivity contribution in [3.8, 4) is 0 Å². The molecule has 1 aliphatic rings. The van der Waals surface area contributed by atoms with Crippen LogP contribution in [0.4, 0.5) is 5.69 Å². The SMILES string of the molecule is Cc1cc(C)c(N=C2C(=NCCP(c3ccccc3)c3ccccc3)c3cccc4cccc2c34)c(C)c1. The second-order valence-corrected chi connectivity index (χ2v) is 12.3.